The quantitative estimate of drug-likeness (QED) is 0.320. The van der Waals surface area contributed by atoms with Gasteiger partial charge < -0.3 is 11.1 Å². The molecule has 1 fully saturated rings. The Kier molecular flexibility index (Phi) is 9.37. The Morgan fingerprint density at radius 1 is 0.771 bits per heavy atom. The molecule has 1 aliphatic heterocycles. The van der Waals surface area contributed by atoms with Gasteiger partial charge in [0, 0.05) is 51.6 Å². The lowest BCUT2D eigenvalue weighted by Crippen LogP contribution is -2.50. The van der Waals surface area contributed by atoms with Gasteiger partial charge >= 0.3 is 0 Å². The summed E-state index contributed by atoms with van der Waals surface area (Å²) in [6.07, 6.45) is 0. The lowest BCUT2D eigenvalue weighted by atomic mass is 9.84. The van der Waals surface area contributed by atoms with Crippen molar-refractivity contribution < 1.29 is 4.79 Å². The highest BCUT2D eigenvalue weighted by atomic mass is 32.2. The van der Waals surface area contributed by atoms with Crippen LogP contribution in [0.1, 0.15) is 16.7 Å². The zero-order valence-corrected chi connectivity index (χ0v) is 21.1. The fraction of sp³-hybridized carbons (Fsp3) is 0.345. The normalized spacial score (nSPS) is 15.1. The van der Waals surface area contributed by atoms with E-state index in [1.54, 1.807) is 0 Å². The summed E-state index contributed by atoms with van der Waals surface area (Å²) in [5.41, 5.74) is 9.38. The van der Waals surface area contributed by atoms with Gasteiger partial charge in [-0.25, -0.2) is 0 Å². The monoisotopic (exact) mass is 488 g/mol. The van der Waals surface area contributed by atoms with E-state index in [1.807, 2.05) is 11.8 Å². The van der Waals surface area contributed by atoms with Crippen molar-refractivity contribution in [1.82, 2.24) is 15.1 Å². The van der Waals surface area contributed by atoms with Gasteiger partial charge in [-0.1, -0.05) is 91.0 Å². The fourth-order valence-electron chi connectivity index (χ4n) is 4.78. The summed E-state index contributed by atoms with van der Waals surface area (Å²) in [5, 5.41) is 3.16. The van der Waals surface area contributed by atoms with Gasteiger partial charge in [0.05, 0.1) is 11.3 Å². The van der Waals surface area contributed by atoms with Crippen LogP contribution in [0.25, 0.3) is 0 Å². The van der Waals surface area contributed by atoms with E-state index in [0.29, 0.717) is 19.6 Å². The zero-order valence-electron chi connectivity index (χ0n) is 20.3. The van der Waals surface area contributed by atoms with E-state index >= 15 is 0 Å². The minimum Gasteiger partial charge on any atom is -0.354 e. The minimum absolute atomic E-state index is 0.0996. The molecule has 1 saturated heterocycles. The number of nitrogens with one attached hydrogen (secondary N) is 1. The average Bonchev–Trinajstić information content (AvgIpc) is 2.92. The first-order valence-electron chi connectivity index (χ1n) is 12.4. The molecule has 3 aromatic carbocycles. The lowest BCUT2D eigenvalue weighted by molar-refractivity contribution is -0.122. The molecule has 35 heavy (non-hydrogen) atoms. The third-order valence-corrected chi connectivity index (χ3v) is 8.11. The second-order valence-corrected chi connectivity index (χ2v) is 10.2. The molecule has 0 atom stereocenters. The number of nitrogens with two attached hydrogens (primary N) is 1. The SMILES string of the molecule is NCCN1CCN(CC(=O)NCCSC(c2ccccc2)(c2ccccc2)c2ccccc2)CC1. The van der Waals surface area contributed by atoms with Gasteiger partial charge in [-0.05, 0) is 16.7 Å². The van der Waals surface area contributed by atoms with Crippen LogP contribution in [-0.4, -0.2) is 73.8 Å². The number of carbonyl (C=O) groups is 1. The first-order chi connectivity index (χ1) is 17.2. The summed E-state index contributed by atoms with van der Waals surface area (Å²) < 4.78 is -0.353. The summed E-state index contributed by atoms with van der Waals surface area (Å²) in [7, 11) is 0. The predicted molar refractivity (Wildman–Crippen MR) is 147 cm³/mol. The first-order valence-corrected chi connectivity index (χ1v) is 13.4. The standard InChI is InChI=1S/C29H36N4OS/c30-16-18-32-19-21-33(22-20-32)24-28(34)31-17-23-35-29(25-10-4-1-5-11-25,26-12-6-2-7-13-26)27-14-8-3-9-15-27/h1-15H,16-24,30H2,(H,31,34). The maximum atomic E-state index is 12.7. The van der Waals surface area contributed by atoms with E-state index in [-0.39, 0.29) is 10.7 Å². The first kappa shape index (κ1) is 25.5. The van der Waals surface area contributed by atoms with Crippen LogP contribution in [0.3, 0.4) is 0 Å². The zero-order chi connectivity index (χ0) is 24.3. The van der Waals surface area contributed by atoms with Crippen molar-refractivity contribution in [2.75, 3.05) is 58.1 Å². The van der Waals surface area contributed by atoms with Gasteiger partial charge in [0.2, 0.25) is 5.91 Å². The Hall–Kier alpha value is -2.64. The van der Waals surface area contributed by atoms with Crippen LogP contribution >= 0.6 is 11.8 Å². The number of hydrogen-bond donors (Lipinski definition) is 2. The molecule has 0 aromatic heterocycles. The molecule has 0 radical (unpaired) electrons. The molecule has 0 saturated carbocycles. The van der Waals surface area contributed by atoms with Crippen LogP contribution in [0.15, 0.2) is 91.0 Å². The molecule has 1 aliphatic rings. The molecule has 3 aromatic rings. The molecule has 0 unspecified atom stereocenters. The molecule has 0 aliphatic carbocycles. The van der Waals surface area contributed by atoms with E-state index in [4.69, 9.17) is 5.73 Å². The third-order valence-electron chi connectivity index (χ3n) is 6.56. The number of thioether (sulfide) groups is 1. The summed E-state index contributed by atoms with van der Waals surface area (Å²) in [6.45, 7) is 6.51. The van der Waals surface area contributed by atoms with Crippen molar-refractivity contribution in [1.29, 1.82) is 0 Å². The molecule has 184 valence electrons. The van der Waals surface area contributed by atoms with Crippen molar-refractivity contribution >= 4 is 17.7 Å². The molecular weight excluding hydrogens is 452 g/mol. The maximum absolute atomic E-state index is 12.7. The summed E-state index contributed by atoms with van der Waals surface area (Å²) >= 11 is 1.88. The number of rotatable bonds is 11. The molecule has 1 amide bonds. The molecule has 1 heterocycles. The number of amides is 1. The van der Waals surface area contributed by atoms with Crippen molar-refractivity contribution in [3.05, 3.63) is 108 Å². The second-order valence-electron chi connectivity index (χ2n) is 8.88. The lowest BCUT2D eigenvalue weighted by Gasteiger charge is -2.35. The van der Waals surface area contributed by atoms with Gasteiger partial charge in [0.1, 0.15) is 0 Å². The van der Waals surface area contributed by atoms with Gasteiger partial charge in [-0.3, -0.25) is 14.6 Å². The molecule has 5 nitrogen and oxygen atoms in total. The Balaban J connectivity index is 1.43. The topological polar surface area (TPSA) is 61.6 Å². The van der Waals surface area contributed by atoms with Gasteiger partial charge in [0.15, 0.2) is 0 Å². The van der Waals surface area contributed by atoms with Crippen LogP contribution in [0.4, 0.5) is 0 Å². The van der Waals surface area contributed by atoms with Crippen molar-refractivity contribution in [2.24, 2.45) is 5.73 Å². The average molecular weight is 489 g/mol. The molecule has 3 N–H and O–H groups in total. The molecule has 0 spiro atoms. The van der Waals surface area contributed by atoms with Crippen molar-refractivity contribution in [3.63, 3.8) is 0 Å². The highest BCUT2D eigenvalue weighted by Gasteiger charge is 2.36. The van der Waals surface area contributed by atoms with Crippen molar-refractivity contribution in [2.45, 2.75) is 4.75 Å². The number of nitrogens with zero attached hydrogens (tertiary/aromatic N) is 2. The van der Waals surface area contributed by atoms with Crippen LogP contribution in [-0.2, 0) is 9.54 Å². The molecule has 0 bridgehead atoms. The Morgan fingerprint density at radius 2 is 1.23 bits per heavy atom. The minimum atomic E-state index is -0.353. The van der Waals surface area contributed by atoms with Gasteiger partial charge in [0.25, 0.3) is 0 Å². The van der Waals surface area contributed by atoms with Crippen LogP contribution in [0, 0.1) is 0 Å². The van der Waals surface area contributed by atoms with Crippen molar-refractivity contribution in [3.8, 4) is 0 Å². The Morgan fingerprint density at radius 3 is 1.69 bits per heavy atom. The third kappa shape index (κ3) is 6.53. The summed E-state index contributed by atoms with van der Waals surface area (Å²) in [5.74, 6) is 0.900. The Labute approximate surface area is 213 Å². The maximum Gasteiger partial charge on any atom is 0.234 e. The van der Waals surface area contributed by atoms with E-state index in [1.165, 1.54) is 16.7 Å². The van der Waals surface area contributed by atoms with Gasteiger partial charge in [-0.2, -0.15) is 0 Å². The van der Waals surface area contributed by atoms with Crippen LogP contribution < -0.4 is 11.1 Å². The predicted octanol–water partition coefficient (Wildman–Crippen LogP) is 3.40. The van der Waals surface area contributed by atoms with Crippen LogP contribution in [0.2, 0.25) is 0 Å². The van der Waals surface area contributed by atoms with Gasteiger partial charge in [-0.15, -0.1) is 11.8 Å². The fourth-order valence-corrected chi connectivity index (χ4v) is 6.19. The summed E-state index contributed by atoms with van der Waals surface area (Å²) in [4.78, 5) is 17.3. The number of hydrogen-bond acceptors (Lipinski definition) is 5. The molecule has 4 rings (SSSR count). The molecular formula is C29H36N4OS. The van der Waals surface area contributed by atoms with E-state index in [0.717, 1.165) is 38.5 Å². The van der Waals surface area contributed by atoms with E-state index in [2.05, 4.69) is 106 Å². The second kappa shape index (κ2) is 12.9. The number of piperazine rings is 1. The number of benzene rings is 3. The van der Waals surface area contributed by atoms with Crippen LogP contribution in [0.5, 0.6) is 0 Å². The highest BCUT2D eigenvalue weighted by molar-refractivity contribution is 8.00. The summed E-state index contributed by atoms with van der Waals surface area (Å²) in [6, 6.07) is 32.0. The highest BCUT2D eigenvalue weighted by Crippen LogP contribution is 2.48. The largest absolute Gasteiger partial charge is 0.354 e. The Bertz CT molecular complexity index is 928. The smallest absolute Gasteiger partial charge is 0.234 e. The number of carbonyl (C=O) groups excluding carboxylic acids is 1. The van der Waals surface area contributed by atoms with E-state index in [9.17, 15) is 4.79 Å². The van der Waals surface area contributed by atoms with E-state index < -0.39 is 0 Å². The molecule has 6 heteroatoms.